The van der Waals surface area contributed by atoms with Crippen LogP contribution in [-0.4, -0.2) is 78.0 Å². The van der Waals surface area contributed by atoms with Crippen LogP contribution in [-0.2, 0) is 8.98 Å². The van der Waals surface area contributed by atoms with E-state index in [1.54, 1.807) is 0 Å². The SMILES string of the molecule is CCCCCCCCOc1ccc(S(OC(=O)C(F)(F)C(F)(F)C(F)(F)C(F)(F)C(F)(F)C(F)(F)C(F)(F)C(F)(F)C(F)(F)C(F)(F)C(F)(F)F)(c2ccccc2)c2ccccc2)cc1. The van der Waals surface area contributed by atoms with Crippen LogP contribution in [0.2, 0.25) is 0 Å². The topological polar surface area (TPSA) is 35.5 Å². The Labute approximate surface area is 353 Å². The Morgan fingerprint density at radius 2 is 0.738 bits per heavy atom. The average molecular weight is 1000 g/mol. The van der Waals surface area contributed by atoms with Crippen molar-refractivity contribution < 1.29 is 115 Å². The molecule has 0 saturated heterocycles. The minimum atomic E-state index is -9.57. The summed E-state index contributed by atoms with van der Waals surface area (Å²) in [6.07, 6.45) is -3.23. The van der Waals surface area contributed by atoms with Crippen LogP contribution < -0.4 is 4.74 Å². The first-order chi connectivity index (χ1) is 29.4. The number of carbonyl (C=O) groups excluding carboxylic acids is 1. The molecule has 65 heavy (non-hydrogen) atoms. The van der Waals surface area contributed by atoms with Gasteiger partial charge < -0.3 is 8.92 Å². The van der Waals surface area contributed by atoms with E-state index in [1.165, 1.54) is 12.1 Å². The lowest BCUT2D eigenvalue weighted by atomic mass is 9.85. The normalized spacial score (nSPS) is 14.9. The molecular formula is C38H31F23O3S. The summed E-state index contributed by atoms with van der Waals surface area (Å²) in [5.74, 6) is -94.6. The van der Waals surface area contributed by atoms with Gasteiger partial charge in [-0.05, 0) is 65.3 Å². The van der Waals surface area contributed by atoms with Gasteiger partial charge in [-0.3, -0.25) is 0 Å². The molecule has 0 aliphatic rings. The van der Waals surface area contributed by atoms with E-state index in [-0.39, 0.29) is 12.4 Å². The molecule has 0 bridgehead atoms. The maximum atomic E-state index is 15.5. The Bertz CT molecular complexity index is 2000. The molecule has 0 saturated carbocycles. The molecule has 0 aromatic heterocycles. The molecule has 0 aliphatic carbocycles. The molecule has 3 nitrogen and oxygen atoms in total. The van der Waals surface area contributed by atoms with Gasteiger partial charge in [0, 0.05) is 14.7 Å². The van der Waals surface area contributed by atoms with Crippen molar-refractivity contribution in [2.45, 2.75) is 126 Å². The van der Waals surface area contributed by atoms with Crippen molar-refractivity contribution in [2.75, 3.05) is 6.61 Å². The Morgan fingerprint density at radius 1 is 0.415 bits per heavy atom. The van der Waals surface area contributed by atoms with Crippen molar-refractivity contribution in [3.05, 3.63) is 84.9 Å². The van der Waals surface area contributed by atoms with Crippen LogP contribution >= 0.6 is 10.3 Å². The molecule has 0 amide bonds. The van der Waals surface area contributed by atoms with E-state index in [1.807, 2.05) is 6.92 Å². The fourth-order valence-electron chi connectivity index (χ4n) is 5.63. The van der Waals surface area contributed by atoms with Crippen molar-refractivity contribution in [2.24, 2.45) is 0 Å². The van der Waals surface area contributed by atoms with Gasteiger partial charge in [-0.1, -0.05) is 75.4 Å². The number of hydrogen-bond donors (Lipinski definition) is 0. The molecule has 0 heterocycles. The van der Waals surface area contributed by atoms with Gasteiger partial charge in [0.1, 0.15) is 5.75 Å². The molecule has 3 aromatic rings. The molecule has 0 spiro atoms. The third-order valence-corrected chi connectivity index (χ3v) is 12.6. The van der Waals surface area contributed by atoms with Crippen LogP contribution in [0.25, 0.3) is 0 Å². The first-order valence-electron chi connectivity index (χ1n) is 18.1. The highest BCUT2D eigenvalue weighted by atomic mass is 32.3. The predicted molar refractivity (Wildman–Crippen MR) is 182 cm³/mol. The van der Waals surface area contributed by atoms with Crippen molar-refractivity contribution in [3.8, 4) is 5.75 Å². The number of hydrogen-bond acceptors (Lipinski definition) is 3. The highest BCUT2D eigenvalue weighted by Gasteiger charge is 2.99. The zero-order chi connectivity index (χ0) is 50.2. The molecule has 0 aliphatic heterocycles. The first kappa shape index (κ1) is 55.0. The van der Waals surface area contributed by atoms with Crippen molar-refractivity contribution in [1.82, 2.24) is 0 Å². The molecule has 0 N–H and O–H groups in total. The van der Waals surface area contributed by atoms with Gasteiger partial charge in [0.25, 0.3) is 0 Å². The van der Waals surface area contributed by atoms with Gasteiger partial charge in [0.15, 0.2) is 0 Å². The summed E-state index contributed by atoms with van der Waals surface area (Å²) in [6, 6.07) is 14.7. The average Bonchev–Trinajstić information content (AvgIpc) is 3.22. The molecule has 27 heteroatoms. The van der Waals surface area contributed by atoms with E-state index in [0.717, 1.165) is 105 Å². The van der Waals surface area contributed by atoms with Crippen LogP contribution in [0.4, 0.5) is 101 Å². The number of halogens is 23. The monoisotopic (exact) mass is 1000 g/mol. The number of alkyl halides is 23. The number of ether oxygens (including phenoxy) is 1. The smallest absolute Gasteiger partial charge is 0.460 e. The molecule has 0 radical (unpaired) electrons. The van der Waals surface area contributed by atoms with E-state index in [9.17, 15) is 88.2 Å². The number of rotatable bonds is 22. The summed E-state index contributed by atoms with van der Waals surface area (Å²) in [7, 11) is -4.45. The number of benzene rings is 3. The standard InChI is InChI=1S/C38H31F23O3S/c1-2-3-4-5-6-13-22-63-23-18-20-26(21-19-23)65(24-14-9-7-10-15-24,25-16-11-8-12-17-25)64-27(62)28(39,40)29(41,42)30(43,44)31(45,46)32(47,48)33(49,50)34(51,52)35(53,54)36(55,56)37(57,58)38(59,60)61/h7-12,14-21H,2-6,13,22H2,1H3. The van der Waals surface area contributed by atoms with Gasteiger partial charge in [-0.15, -0.1) is 0 Å². The van der Waals surface area contributed by atoms with Crippen LogP contribution in [0, 0.1) is 0 Å². The zero-order valence-corrected chi connectivity index (χ0v) is 33.2. The second-order valence-corrected chi connectivity index (χ2v) is 16.6. The highest BCUT2D eigenvalue weighted by Crippen LogP contribution is 2.71. The molecule has 0 atom stereocenters. The summed E-state index contributed by atoms with van der Waals surface area (Å²) in [4.78, 5) is 11.7. The van der Waals surface area contributed by atoms with Crippen LogP contribution in [0.3, 0.4) is 0 Å². The van der Waals surface area contributed by atoms with Gasteiger partial charge in [0.05, 0.1) is 6.61 Å². The molecule has 368 valence electrons. The molecule has 3 aromatic carbocycles. The minimum Gasteiger partial charge on any atom is -0.494 e. The maximum Gasteiger partial charge on any atom is 0.460 e. The largest absolute Gasteiger partial charge is 0.494 e. The molecular weight excluding hydrogens is 973 g/mol. The highest BCUT2D eigenvalue weighted by molar-refractivity contribution is 8.30. The van der Waals surface area contributed by atoms with Crippen molar-refractivity contribution >= 4 is 16.3 Å². The Hall–Kier alpha value is -4.33. The van der Waals surface area contributed by atoms with Crippen LogP contribution in [0.5, 0.6) is 5.75 Å². The van der Waals surface area contributed by atoms with Crippen molar-refractivity contribution in [1.29, 1.82) is 0 Å². The summed E-state index contributed by atoms with van der Waals surface area (Å²) in [5.41, 5.74) is 0. The Morgan fingerprint density at radius 3 is 1.11 bits per heavy atom. The van der Waals surface area contributed by atoms with E-state index in [0.29, 0.717) is 6.42 Å². The quantitative estimate of drug-likeness (QED) is 0.0743. The first-order valence-corrected chi connectivity index (χ1v) is 19.7. The van der Waals surface area contributed by atoms with E-state index in [4.69, 9.17) is 8.92 Å². The number of carbonyl (C=O) groups is 1. The van der Waals surface area contributed by atoms with Crippen LogP contribution in [0.1, 0.15) is 45.4 Å². The summed E-state index contributed by atoms with van der Waals surface area (Å²) >= 11 is 0. The van der Waals surface area contributed by atoms with Crippen molar-refractivity contribution in [3.63, 3.8) is 0 Å². The third kappa shape index (κ3) is 8.86. The van der Waals surface area contributed by atoms with E-state index >= 15 is 17.6 Å². The predicted octanol–water partition coefficient (Wildman–Crippen LogP) is 15.1. The summed E-state index contributed by atoms with van der Waals surface area (Å²) < 4.78 is 335. The molecule has 3 rings (SSSR count). The Kier molecular flexibility index (Phi) is 15.6. The fourth-order valence-corrected chi connectivity index (χ4v) is 8.66. The summed E-state index contributed by atoms with van der Waals surface area (Å²) in [6.45, 7) is 2.08. The second-order valence-electron chi connectivity index (χ2n) is 13.9. The van der Waals surface area contributed by atoms with Crippen LogP contribution in [0.15, 0.2) is 99.6 Å². The van der Waals surface area contributed by atoms with Gasteiger partial charge in [0.2, 0.25) is 0 Å². The number of unbranched alkanes of at least 4 members (excludes halogenated alkanes) is 5. The maximum absolute atomic E-state index is 15.5. The molecule has 0 unspecified atom stereocenters. The fraction of sp³-hybridized carbons (Fsp3) is 0.500. The summed E-state index contributed by atoms with van der Waals surface area (Å²) in [5, 5.41) is 0. The third-order valence-electron chi connectivity index (χ3n) is 9.43. The van der Waals surface area contributed by atoms with E-state index < -0.39 is 96.4 Å². The lowest BCUT2D eigenvalue weighted by Gasteiger charge is -2.45. The van der Waals surface area contributed by atoms with Gasteiger partial charge in [-0.25, -0.2) is 4.79 Å². The Balaban J connectivity index is 2.16. The second kappa shape index (κ2) is 18.4. The van der Waals surface area contributed by atoms with Gasteiger partial charge >= 0.3 is 71.4 Å². The van der Waals surface area contributed by atoms with E-state index in [2.05, 4.69) is 0 Å². The zero-order valence-electron chi connectivity index (χ0n) is 32.4. The van der Waals surface area contributed by atoms with Gasteiger partial charge in [-0.2, -0.15) is 101 Å². The minimum absolute atomic E-state index is 0.0284. The lowest BCUT2D eigenvalue weighted by molar-refractivity contribution is -0.477. The molecule has 0 fully saturated rings. The lowest BCUT2D eigenvalue weighted by Crippen LogP contribution is -2.78.